The fraction of sp³-hybridized carbons (Fsp3) is 0.176. The highest BCUT2D eigenvalue weighted by molar-refractivity contribution is 5.57. The van der Waals surface area contributed by atoms with Gasteiger partial charge in [0.2, 0.25) is 0 Å². The van der Waals surface area contributed by atoms with E-state index in [4.69, 9.17) is 0 Å². The molecule has 94 valence electrons. The summed E-state index contributed by atoms with van der Waals surface area (Å²) in [6.45, 7) is 10.1. The molecule has 0 amide bonds. The first-order valence-electron chi connectivity index (χ1n) is 6.20. The second-order valence-corrected chi connectivity index (χ2v) is 3.94. The minimum atomic E-state index is 1.02. The number of benzene rings is 1. The van der Waals surface area contributed by atoms with Crippen molar-refractivity contribution in [2.45, 2.75) is 20.8 Å². The fourth-order valence-corrected chi connectivity index (χ4v) is 1.69. The summed E-state index contributed by atoms with van der Waals surface area (Å²) in [7, 11) is 0. The van der Waals surface area contributed by atoms with Gasteiger partial charge in [0.1, 0.15) is 0 Å². The van der Waals surface area contributed by atoms with Gasteiger partial charge in [-0.2, -0.15) is 0 Å². The average Bonchev–Trinajstić information content (AvgIpc) is 2.38. The first-order valence-corrected chi connectivity index (χ1v) is 6.20. The van der Waals surface area contributed by atoms with Crippen LogP contribution in [0.25, 0.3) is 12.3 Å². The Hall–Kier alpha value is -2.02. The third kappa shape index (κ3) is 3.77. The van der Waals surface area contributed by atoms with Crippen LogP contribution in [-0.2, 0) is 0 Å². The molecule has 0 atom stereocenters. The molecule has 1 heteroatoms. The van der Waals surface area contributed by atoms with Crippen LogP contribution in [-0.4, -0.2) is 0 Å². The van der Waals surface area contributed by atoms with Gasteiger partial charge in [-0.05, 0) is 38.1 Å². The van der Waals surface area contributed by atoms with Gasteiger partial charge in [0.05, 0.1) is 0 Å². The molecule has 0 saturated carbocycles. The summed E-state index contributed by atoms with van der Waals surface area (Å²) < 4.78 is 0. The normalized spacial score (nSPS) is 14.3. The number of hydrogen-bond acceptors (Lipinski definition) is 1. The first-order chi connectivity index (χ1) is 8.72. The Morgan fingerprint density at radius 1 is 1.06 bits per heavy atom. The van der Waals surface area contributed by atoms with Gasteiger partial charge in [0.15, 0.2) is 0 Å². The molecule has 0 aliphatic heterocycles. The van der Waals surface area contributed by atoms with Gasteiger partial charge in [-0.15, -0.1) is 0 Å². The molecule has 1 aromatic carbocycles. The summed E-state index contributed by atoms with van der Waals surface area (Å²) in [5, 5.41) is 5.57. The van der Waals surface area contributed by atoms with Crippen LogP contribution in [0.3, 0.4) is 0 Å². The number of allylic oxidation sites excluding steroid dienone is 4. The van der Waals surface area contributed by atoms with E-state index in [0.29, 0.717) is 0 Å². The summed E-state index contributed by atoms with van der Waals surface area (Å²) in [5.74, 6) is 0. The van der Waals surface area contributed by atoms with Crippen molar-refractivity contribution in [3.63, 3.8) is 0 Å². The molecule has 18 heavy (non-hydrogen) atoms. The summed E-state index contributed by atoms with van der Waals surface area (Å²) in [5.41, 5.74) is 2.14. The van der Waals surface area contributed by atoms with E-state index in [2.05, 4.69) is 36.2 Å². The van der Waals surface area contributed by atoms with Crippen molar-refractivity contribution in [2.24, 2.45) is 0 Å². The van der Waals surface area contributed by atoms with Crippen LogP contribution >= 0.6 is 0 Å². The Labute approximate surface area is 110 Å². The first kappa shape index (κ1) is 14.0. The maximum atomic E-state index is 4.07. The predicted octanol–water partition coefficient (Wildman–Crippen LogP) is 2.85. The van der Waals surface area contributed by atoms with Crippen molar-refractivity contribution < 1.29 is 0 Å². The lowest BCUT2D eigenvalue weighted by atomic mass is 10.2. The molecule has 0 fully saturated rings. The standard InChI is InChI=1S/C17H21N/c1-5-10-15(7-3)18-17(11-6-2)16-13-9-8-12-14(16)4/h5-13,18H,4H2,1-3H3/b10-5-,11-6-,15-7+,17-16+. The maximum absolute atomic E-state index is 4.07. The SMILES string of the molecule is C=c1cccc/c1=C(/C=C\C)NC(/C=C\C)=C/C. The van der Waals surface area contributed by atoms with E-state index in [9.17, 15) is 0 Å². The molecule has 0 saturated heterocycles. The van der Waals surface area contributed by atoms with Crippen molar-refractivity contribution in [3.05, 3.63) is 70.8 Å². The highest BCUT2D eigenvalue weighted by Gasteiger charge is 1.96. The van der Waals surface area contributed by atoms with Crippen molar-refractivity contribution in [3.8, 4) is 0 Å². The molecule has 0 aliphatic rings. The Morgan fingerprint density at radius 3 is 2.28 bits per heavy atom. The van der Waals surface area contributed by atoms with Crippen LogP contribution < -0.4 is 15.8 Å². The minimum Gasteiger partial charge on any atom is -0.355 e. The molecule has 0 aromatic heterocycles. The molecule has 0 aliphatic carbocycles. The lowest BCUT2D eigenvalue weighted by Gasteiger charge is -2.08. The third-order valence-electron chi connectivity index (χ3n) is 2.58. The molecular formula is C17H21N. The summed E-state index contributed by atoms with van der Waals surface area (Å²) in [6, 6.07) is 8.13. The highest BCUT2D eigenvalue weighted by atomic mass is 14.9. The summed E-state index contributed by atoms with van der Waals surface area (Å²) in [4.78, 5) is 0. The van der Waals surface area contributed by atoms with Gasteiger partial charge in [-0.1, -0.05) is 49.1 Å². The van der Waals surface area contributed by atoms with Crippen LogP contribution in [0.4, 0.5) is 0 Å². The monoisotopic (exact) mass is 239 g/mol. The molecule has 0 heterocycles. The van der Waals surface area contributed by atoms with Crippen LogP contribution in [0.2, 0.25) is 0 Å². The Kier molecular flexibility index (Phi) is 5.72. The van der Waals surface area contributed by atoms with E-state index >= 15 is 0 Å². The second-order valence-electron chi connectivity index (χ2n) is 3.94. The molecule has 1 rings (SSSR count). The molecule has 1 aromatic rings. The molecule has 0 bridgehead atoms. The smallest absolute Gasteiger partial charge is 0.0460 e. The number of hydrogen-bond donors (Lipinski definition) is 1. The van der Waals surface area contributed by atoms with E-state index in [-0.39, 0.29) is 0 Å². The quantitative estimate of drug-likeness (QED) is 0.797. The Morgan fingerprint density at radius 2 is 1.72 bits per heavy atom. The largest absolute Gasteiger partial charge is 0.355 e. The van der Waals surface area contributed by atoms with Gasteiger partial charge in [0, 0.05) is 16.6 Å². The Bertz CT molecular complexity index is 574. The zero-order valence-corrected chi connectivity index (χ0v) is 11.4. The molecule has 1 N–H and O–H groups in total. The van der Waals surface area contributed by atoms with Gasteiger partial charge in [-0.3, -0.25) is 0 Å². The van der Waals surface area contributed by atoms with E-state index in [1.807, 2.05) is 51.1 Å². The molecule has 0 unspecified atom stereocenters. The van der Waals surface area contributed by atoms with Gasteiger partial charge in [0.25, 0.3) is 0 Å². The fourth-order valence-electron chi connectivity index (χ4n) is 1.69. The predicted molar refractivity (Wildman–Crippen MR) is 81.1 cm³/mol. The van der Waals surface area contributed by atoms with Crippen LogP contribution in [0, 0.1) is 0 Å². The summed E-state index contributed by atoms with van der Waals surface area (Å²) >= 11 is 0. The van der Waals surface area contributed by atoms with E-state index in [1.165, 1.54) is 0 Å². The van der Waals surface area contributed by atoms with Gasteiger partial charge in [-0.25, -0.2) is 0 Å². The van der Waals surface area contributed by atoms with E-state index < -0.39 is 0 Å². The van der Waals surface area contributed by atoms with Crippen LogP contribution in [0.1, 0.15) is 20.8 Å². The lowest BCUT2D eigenvalue weighted by molar-refractivity contribution is 1.12. The van der Waals surface area contributed by atoms with Crippen molar-refractivity contribution >= 4 is 12.3 Å². The zero-order valence-electron chi connectivity index (χ0n) is 11.4. The minimum absolute atomic E-state index is 1.02. The van der Waals surface area contributed by atoms with Gasteiger partial charge < -0.3 is 5.32 Å². The van der Waals surface area contributed by atoms with Crippen molar-refractivity contribution in [1.29, 1.82) is 0 Å². The van der Waals surface area contributed by atoms with Gasteiger partial charge >= 0.3 is 0 Å². The highest BCUT2D eigenvalue weighted by Crippen LogP contribution is 1.99. The lowest BCUT2D eigenvalue weighted by Crippen LogP contribution is -2.29. The van der Waals surface area contributed by atoms with E-state index in [0.717, 1.165) is 21.8 Å². The number of rotatable bonds is 4. The van der Waals surface area contributed by atoms with Crippen molar-refractivity contribution in [1.82, 2.24) is 5.32 Å². The van der Waals surface area contributed by atoms with E-state index in [1.54, 1.807) is 0 Å². The zero-order chi connectivity index (χ0) is 13.4. The van der Waals surface area contributed by atoms with Crippen LogP contribution in [0.15, 0.2) is 60.3 Å². The number of nitrogens with one attached hydrogen (secondary N) is 1. The van der Waals surface area contributed by atoms with Crippen LogP contribution in [0.5, 0.6) is 0 Å². The molecule has 0 spiro atoms. The molecular weight excluding hydrogens is 218 g/mol. The average molecular weight is 239 g/mol. The topological polar surface area (TPSA) is 12.0 Å². The maximum Gasteiger partial charge on any atom is 0.0460 e. The third-order valence-corrected chi connectivity index (χ3v) is 2.58. The molecule has 1 nitrogen and oxygen atoms in total. The summed E-state index contributed by atoms with van der Waals surface area (Å²) in [6.07, 6.45) is 10.2. The second kappa shape index (κ2) is 7.33. The van der Waals surface area contributed by atoms with Crippen molar-refractivity contribution in [2.75, 3.05) is 0 Å². The molecule has 0 radical (unpaired) electrons. The Balaban J connectivity index is 3.33.